The molecule has 0 aliphatic heterocycles. The Kier molecular flexibility index (Phi) is 3.43. The van der Waals surface area contributed by atoms with E-state index in [1.165, 1.54) is 0 Å². The van der Waals surface area contributed by atoms with Crippen molar-refractivity contribution in [2.75, 3.05) is 0 Å². The van der Waals surface area contributed by atoms with Crippen LogP contribution >= 0.6 is 15.9 Å². The zero-order valence-corrected chi connectivity index (χ0v) is 11.1. The van der Waals surface area contributed by atoms with Gasteiger partial charge in [0.15, 0.2) is 5.78 Å². The molecule has 0 N–H and O–H groups in total. The minimum absolute atomic E-state index is 0.0734. The van der Waals surface area contributed by atoms with Crippen molar-refractivity contribution >= 4 is 21.7 Å². The van der Waals surface area contributed by atoms with Crippen LogP contribution in [0.5, 0.6) is 0 Å². The van der Waals surface area contributed by atoms with E-state index in [0.29, 0.717) is 0 Å². The van der Waals surface area contributed by atoms with Gasteiger partial charge in [0, 0.05) is 5.56 Å². The average Bonchev–Trinajstić information content (AvgIpc) is 2.40. The molecule has 0 saturated carbocycles. The highest BCUT2D eigenvalue weighted by Crippen LogP contribution is 2.34. The molecule has 0 spiro atoms. The van der Waals surface area contributed by atoms with E-state index in [4.69, 9.17) is 0 Å². The number of rotatable bonds is 3. The van der Waals surface area contributed by atoms with Crippen molar-refractivity contribution in [2.45, 2.75) is 11.2 Å². The van der Waals surface area contributed by atoms with Crippen molar-refractivity contribution in [2.24, 2.45) is 0 Å². The van der Waals surface area contributed by atoms with Gasteiger partial charge in [0.05, 0.1) is 0 Å². The van der Waals surface area contributed by atoms with Crippen LogP contribution in [0.15, 0.2) is 60.7 Å². The standard InChI is InChI=1S/C15H13BrO/c1-15(16,13-10-6-3-7-11-13)14(17)12-8-4-2-5-9-12/h2-11H,1H3/t15-/m1/s1. The molecule has 2 aromatic rings. The van der Waals surface area contributed by atoms with E-state index in [1.54, 1.807) is 0 Å². The highest BCUT2D eigenvalue weighted by atomic mass is 79.9. The number of hydrogen-bond acceptors (Lipinski definition) is 1. The molecule has 0 heterocycles. The van der Waals surface area contributed by atoms with Crippen LogP contribution in [0.3, 0.4) is 0 Å². The van der Waals surface area contributed by atoms with Crippen molar-refractivity contribution < 1.29 is 4.79 Å². The fourth-order valence-corrected chi connectivity index (χ4v) is 2.24. The molecule has 86 valence electrons. The molecule has 0 fully saturated rings. The molecule has 1 atom stereocenters. The Bertz CT molecular complexity index is 503. The lowest BCUT2D eigenvalue weighted by Crippen LogP contribution is -2.25. The molecule has 0 bridgehead atoms. The Morgan fingerprint density at radius 3 is 1.94 bits per heavy atom. The van der Waals surface area contributed by atoms with Crippen LogP contribution in [0.4, 0.5) is 0 Å². The first-order valence-corrected chi connectivity index (χ1v) is 6.26. The summed E-state index contributed by atoms with van der Waals surface area (Å²) in [4.78, 5) is 12.4. The Hall–Kier alpha value is -1.41. The molecule has 0 aromatic heterocycles. The van der Waals surface area contributed by atoms with Crippen LogP contribution in [0.25, 0.3) is 0 Å². The third-order valence-corrected chi connectivity index (χ3v) is 3.60. The number of benzene rings is 2. The number of carbonyl (C=O) groups is 1. The number of ketones is 1. The SMILES string of the molecule is C[C@](Br)(C(=O)c1ccccc1)c1ccccc1. The zero-order chi connectivity index (χ0) is 12.3. The lowest BCUT2D eigenvalue weighted by molar-refractivity contribution is 0.0953. The summed E-state index contributed by atoms with van der Waals surface area (Å²) < 4.78 is -0.671. The molecule has 0 saturated heterocycles. The maximum atomic E-state index is 12.4. The molecule has 2 aromatic carbocycles. The van der Waals surface area contributed by atoms with E-state index in [1.807, 2.05) is 67.6 Å². The van der Waals surface area contributed by atoms with Crippen LogP contribution in [0.1, 0.15) is 22.8 Å². The summed E-state index contributed by atoms with van der Waals surface area (Å²) in [6.45, 7) is 1.89. The fourth-order valence-electron chi connectivity index (χ4n) is 1.74. The molecule has 0 unspecified atom stereocenters. The number of halogens is 1. The van der Waals surface area contributed by atoms with E-state index in [0.717, 1.165) is 11.1 Å². The molecule has 1 nitrogen and oxygen atoms in total. The van der Waals surface area contributed by atoms with Crippen molar-refractivity contribution in [3.63, 3.8) is 0 Å². The summed E-state index contributed by atoms with van der Waals surface area (Å²) >= 11 is 3.54. The molecule has 0 amide bonds. The minimum Gasteiger partial charge on any atom is -0.292 e. The third-order valence-electron chi connectivity index (χ3n) is 2.78. The van der Waals surface area contributed by atoms with E-state index in [9.17, 15) is 4.79 Å². The first-order valence-electron chi connectivity index (χ1n) is 5.46. The summed E-state index contributed by atoms with van der Waals surface area (Å²) in [7, 11) is 0. The van der Waals surface area contributed by atoms with Gasteiger partial charge in [-0.2, -0.15) is 0 Å². The summed E-state index contributed by atoms with van der Waals surface area (Å²) in [6.07, 6.45) is 0. The number of alkyl halides is 1. The second-order valence-electron chi connectivity index (χ2n) is 4.06. The van der Waals surface area contributed by atoms with Gasteiger partial charge in [-0.15, -0.1) is 0 Å². The van der Waals surface area contributed by atoms with Gasteiger partial charge in [0.25, 0.3) is 0 Å². The summed E-state index contributed by atoms with van der Waals surface area (Å²) in [5.74, 6) is 0.0734. The van der Waals surface area contributed by atoms with Crippen molar-refractivity contribution in [1.82, 2.24) is 0 Å². The van der Waals surface area contributed by atoms with Crippen LogP contribution in [-0.2, 0) is 4.32 Å². The van der Waals surface area contributed by atoms with Gasteiger partial charge in [-0.3, -0.25) is 4.79 Å². The van der Waals surface area contributed by atoms with Crippen LogP contribution in [0.2, 0.25) is 0 Å². The first-order chi connectivity index (χ1) is 8.12. The van der Waals surface area contributed by atoms with Gasteiger partial charge in [-0.05, 0) is 12.5 Å². The van der Waals surface area contributed by atoms with Gasteiger partial charge >= 0.3 is 0 Å². The van der Waals surface area contributed by atoms with E-state index >= 15 is 0 Å². The fraction of sp³-hybridized carbons (Fsp3) is 0.133. The maximum Gasteiger partial charge on any atom is 0.183 e. The van der Waals surface area contributed by atoms with Gasteiger partial charge in [0.1, 0.15) is 4.32 Å². The number of carbonyl (C=O) groups excluding carboxylic acids is 1. The molecule has 0 radical (unpaired) electrons. The van der Waals surface area contributed by atoms with E-state index < -0.39 is 4.32 Å². The van der Waals surface area contributed by atoms with Gasteiger partial charge in [-0.1, -0.05) is 76.6 Å². The molecule has 0 aliphatic carbocycles. The zero-order valence-electron chi connectivity index (χ0n) is 9.56. The topological polar surface area (TPSA) is 17.1 Å². The molecular formula is C15H13BrO. The second-order valence-corrected chi connectivity index (χ2v) is 5.65. The van der Waals surface area contributed by atoms with Crippen molar-refractivity contribution in [1.29, 1.82) is 0 Å². The average molecular weight is 289 g/mol. The maximum absolute atomic E-state index is 12.4. The third kappa shape index (κ3) is 2.47. The Morgan fingerprint density at radius 1 is 0.941 bits per heavy atom. The van der Waals surface area contributed by atoms with Gasteiger partial charge in [0.2, 0.25) is 0 Å². The summed E-state index contributed by atoms with van der Waals surface area (Å²) in [6, 6.07) is 19.1. The second kappa shape index (κ2) is 4.84. The highest BCUT2D eigenvalue weighted by Gasteiger charge is 2.32. The molecule has 2 heteroatoms. The monoisotopic (exact) mass is 288 g/mol. The van der Waals surface area contributed by atoms with Gasteiger partial charge < -0.3 is 0 Å². The smallest absolute Gasteiger partial charge is 0.183 e. The predicted molar refractivity (Wildman–Crippen MR) is 73.5 cm³/mol. The Balaban J connectivity index is 2.37. The summed E-state index contributed by atoms with van der Waals surface area (Å²) in [5, 5.41) is 0. The molecule has 0 aliphatic rings. The first kappa shape index (κ1) is 12.1. The number of Topliss-reactive ketones (excluding diaryl/α,β-unsaturated/α-hetero) is 1. The Labute approximate surface area is 110 Å². The number of hydrogen-bond donors (Lipinski definition) is 0. The lowest BCUT2D eigenvalue weighted by Gasteiger charge is -2.21. The van der Waals surface area contributed by atoms with Crippen LogP contribution in [0, 0.1) is 0 Å². The largest absolute Gasteiger partial charge is 0.292 e. The van der Waals surface area contributed by atoms with E-state index in [-0.39, 0.29) is 5.78 Å². The van der Waals surface area contributed by atoms with Crippen LogP contribution in [-0.4, -0.2) is 5.78 Å². The predicted octanol–water partition coefficient (Wildman–Crippen LogP) is 4.18. The minimum atomic E-state index is -0.671. The van der Waals surface area contributed by atoms with Crippen LogP contribution < -0.4 is 0 Å². The van der Waals surface area contributed by atoms with Gasteiger partial charge in [-0.25, -0.2) is 0 Å². The normalized spacial score (nSPS) is 14.0. The molecule has 17 heavy (non-hydrogen) atoms. The molecule has 2 rings (SSSR count). The quantitative estimate of drug-likeness (QED) is 0.612. The summed E-state index contributed by atoms with van der Waals surface area (Å²) in [5.41, 5.74) is 1.68. The van der Waals surface area contributed by atoms with Crippen molar-refractivity contribution in [3.8, 4) is 0 Å². The highest BCUT2D eigenvalue weighted by molar-refractivity contribution is 9.10. The Morgan fingerprint density at radius 2 is 1.41 bits per heavy atom. The lowest BCUT2D eigenvalue weighted by atomic mass is 9.92. The van der Waals surface area contributed by atoms with E-state index in [2.05, 4.69) is 15.9 Å². The van der Waals surface area contributed by atoms with Crippen molar-refractivity contribution in [3.05, 3.63) is 71.8 Å². The molecular weight excluding hydrogens is 276 g/mol.